The minimum atomic E-state index is -4.52. The molecule has 3 heterocycles. The van der Waals surface area contributed by atoms with Crippen LogP contribution >= 0.6 is 0 Å². The highest BCUT2D eigenvalue weighted by Gasteiger charge is 2.34. The van der Waals surface area contributed by atoms with E-state index in [4.69, 9.17) is 51.6 Å². The molecule has 6 atom stereocenters. The van der Waals surface area contributed by atoms with Gasteiger partial charge in [0.2, 0.25) is 23.6 Å². The number of nitrogens with one attached hydrogen (secondary N) is 3. The Kier molecular flexibility index (Phi) is 32.8. The third-order valence-corrected chi connectivity index (χ3v) is 18.0. The summed E-state index contributed by atoms with van der Waals surface area (Å²) in [6.07, 6.45) is -2.41. The lowest BCUT2D eigenvalue weighted by Gasteiger charge is -2.25. The van der Waals surface area contributed by atoms with Crippen molar-refractivity contribution in [3.8, 4) is 0 Å². The van der Waals surface area contributed by atoms with Gasteiger partial charge in [0.05, 0.1) is 57.9 Å². The van der Waals surface area contributed by atoms with Gasteiger partial charge in [-0.05, 0) is 171 Å². The highest BCUT2D eigenvalue weighted by atomic mass is 19.4. The summed E-state index contributed by atoms with van der Waals surface area (Å²) in [5.41, 5.74) is 56.5. The highest BCUT2D eigenvalue weighted by molar-refractivity contribution is 6.05. The van der Waals surface area contributed by atoms with Crippen LogP contribution < -0.4 is 67.6 Å². The lowest BCUT2D eigenvalue weighted by Crippen LogP contribution is -2.57. The number of alkyl halides is 6. The number of nitrogens with two attached hydrogens (primary N) is 9. The second kappa shape index (κ2) is 41.7. The van der Waals surface area contributed by atoms with Crippen LogP contribution in [0.2, 0.25) is 0 Å². The number of aryl methyl sites for hydroxylation is 1. The number of pyridine rings is 3. The number of fused-ring (bicyclic) bond motifs is 3. The van der Waals surface area contributed by atoms with Crippen molar-refractivity contribution in [1.82, 2.24) is 35.8 Å². The average molecular weight is 1490 g/mol. The summed E-state index contributed by atoms with van der Waals surface area (Å²) in [4.78, 5) is 106. The monoisotopic (exact) mass is 1490 g/mol. The number of carbonyl (C=O) groups is 7. The second-order valence-electron chi connectivity index (χ2n) is 26.3. The van der Waals surface area contributed by atoms with Gasteiger partial charge in [-0.15, -0.1) is 0 Å². The lowest BCUT2D eigenvalue weighted by molar-refractivity contribution is -0.139. The van der Waals surface area contributed by atoms with Gasteiger partial charge < -0.3 is 72.5 Å². The first-order chi connectivity index (χ1) is 51.6. The van der Waals surface area contributed by atoms with Crippen molar-refractivity contribution in [2.75, 3.05) is 52.4 Å². The summed E-state index contributed by atoms with van der Waals surface area (Å²) in [6, 6.07) is 40.7. The van der Waals surface area contributed by atoms with E-state index in [9.17, 15) is 59.9 Å². The summed E-state index contributed by atoms with van der Waals surface area (Å²) in [7, 11) is 0. The Bertz CT molecular complexity index is 4410. The number of carbonyl (C=O) groups excluding carboxylic acids is 7. The Balaban J connectivity index is 0.000000226. The van der Waals surface area contributed by atoms with Crippen LogP contribution in [0.1, 0.15) is 63.8 Å². The quantitative estimate of drug-likeness (QED) is 0.0179. The molecule has 0 aliphatic rings. The fourth-order valence-corrected chi connectivity index (χ4v) is 11.8. The van der Waals surface area contributed by atoms with Crippen molar-refractivity contribution in [2.45, 2.75) is 106 Å². The number of hydrogen-bond acceptors (Lipinski definition) is 19. The molecule has 6 aromatic carbocycles. The maximum Gasteiger partial charge on any atom is 0.416 e. The third-order valence-electron chi connectivity index (χ3n) is 18.0. The Hall–Kier alpha value is -10.3. The average Bonchev–Trinajstić information content (AvgIpc) is 0.839. The van der Waals surface area contributed by atoms with Gasteiger partial charge in [-0.25, -0.2) is 0 Å². The Morgan fingerprint density at radius 3 is 1.08 bits per heavy atom. The number of amides is 4. The molecule has 0 bridgehead atoms. The van der Waals surface area contributed by atoms with Gasteiger partial charge in [0.15, 0.2) is 23.4 Å². The van der Waals surface area contributed by atoms with E-state index in [-0.39, 0.29) is 107 Å². The molecule has 9 aromatic rings. The Morgan fingerprint density at radius 2 is 0.731 bits per heavy atom. The standard InChI is InChI=1S/C27H31F3N6O3.C26H30F3N5O2.C26H33N5O2/c28-27(29,30)20-7-5-17(6-8-20)14-22(35-25(38)24(33)26(39)36(11-9-31)12-10-32)23(37)15-18-13-19-3-1-2-4-21(19)34-16-18;27-26(28,29)20-7-5-16(6-8-20)11-23(34-25(36)21(32)10-18(13-30)14-31)24(35)12-17-9-19-3-1-2-4-22(19)33-15-17;27-15-20(16-28)13-22(29)26(33)31-24(11-10-18-6-2-1-3-7-18)25(32)14-19-12-21-8-4-5-9-23(21)30-17-19/h1-8,13,16,22,24H,9-12,14-15,31-33H2,(H,35,38);1-9,15,18,21,23H,10-14,30-32H2,(H,34,36);1-9,12,17,20,22,24H,10-11,13-16,27-29H2,(H,31,33)/t22-,24?;21-,23+;22-,24+/m000/s1. The number of nitrogens with zero attached hydrogens (tertiary/aromatic N) is 4. The fourth-order valence-electron chi connectivity index (χ4n) is 11.8. The van der Waals surface area contributed by atoms with Gasteiger partial charge in [-0.2, -0.15) is 26.3 Å². The van der Waals surface area contributed by atoms with Crippen molar-refractivity contribution < 1.29 is 59.9 Å². The van der Waals surface area contributed by atoms with Crippen LogP contribution in [0.25, 0.3) is 32.7 Å². The third kappa shape index (κ3) is 26.3. The number of aromatic nitrogens is 3. The molecule has 1 unspecified atom stereocenters. The summed E-state index contributed by atoms with van der Waals surface area (Å²) in [5, 5.41) is 10.7. The molecule has 21 N–H and O–H groups in total. The van der Waals surface area contributed by atoms with Crippen molar-refractivity contribution in [1.29, 1.82) is 0 Å². The zero-order valence-electron chi connectivity index (χ0n) is 59.6. The molecular formula is C79H94F6N16O7. The minimum absolute atomic E-state index is 0.00759. The number of ketones is 3. The lowest BCUT2D eigenvalue weighted by atomic mass is 9.95. The minimum Gasteiger partial charge on any atom is -0.345 e. The van der Waals surface area contributed by atoms with E-state index >= 15 is 0 Å². The Labute approximate surface area is 621 Å². The van der Waals surface area contributed by atoms with Crippen molar-refractivity contribution in [3.63, 3.8) is 0 Å². The predicted octanol–water partition coefficient (Wildman–Crippen LogP) is 5.22. The SMILES string of the molecule is NCC(CN)C[C@H](N)C(=O)N[C@H](CCc1ccccc1)C(=O)Cc1cnc2ccccc2c1.NCC(CN)C[C@H](N)C(=O)N[C@H](Cc1ccc(C(F)(F)F)cc1)C(=O)Cc1cnc2ccccc2c1.NCCN(CCN)C(=O)C(N)C(=O)N[C@@H](Cc1ccc(C(F)(F)F)cc1)C(=O)Cc1cnc2ccccc2c1. The molecule has 0 radical (unpaired) electrons. The number of Topliss-reactive ketones (excluding diaryl/α,β-unsaturated/α-hetero) is 3. The Morgan fingerprint density at radius 1 is 0.398 bits per heavy atom. The van der Waals surface area contributed by atoms with E-state index in [1.807, 2.05) is 115 Å². The second-order valence-corrected chi connectivity index (χ2v) is 26.3. The smallest absolute Gasteiger partial charge is 0.345 e. The van der Waals surface area contributed by atoms with E-state index in [0.717, 1.165) is 68.1 Å². The number of rotatable bonds is 35. The highest BCUT2D eigenvalue weighted by Crippen LogP contribution is 2.31. The first-order valence-electron chi connectivity index (χ1n) is 35.3. The van der Waals surface area contributed by atoms with Crippen molar-refractivity contribution in [3.05, 3.63) is 233 Å². The molecule has 0 saturated heterocycles. The molecule has 0 aliphatic heterocycles. The molecule has 0 saturated carbocycles. The van der Waals surface area contributed by atoms with Gasteiger partial charge in [-0.1, -0.05) is 109 Å². The van der Waals surface area contributed by atoms with Crippen LogP contribution in [0.5, 0.6) is 0 Å². The fraction of sp³-hybridized carbons (Fsp3) is 0.342. The topological polar surface area (TPSA) is 432 Å². The van der Waals surface area contributed by atoms with Crippen LogP contribution in [0.15, 0.2) is 188 Å². The molecule has 4 amide bonds. The van der Waals surface area contributed by atoms with Crippen LogP contribution in [0.4, 0.5) is 26.3 Å². The maximum atomic E-state index is 13.4. The van der Waals surface area contributed by atoms with Gasteiger partial charge >= 0.3 is 12.4 Å². The molecular weight excluding hydrogens is 1400 g/mol. The van der Waals surface area contributed by atoms with Crippen LogP contribution in [-0.4, -0.2) is 149 Å². The van der Waals surface area contributed by atoms with Crippen LogP contribution in [-0.2, 0) is 84.4 Å². The number of benzene rings is 6. The number of halogens is 6. The molecule has 3 aromatic heterocycles. The van der Waals surface area contributed by atoms with E-state index < -0.39 is 83.2 Å². The van der Waals surface area contributed by atoms with E-state index in [0.29, 0.717) is 54.6 Å². The van der Waals surface area contributed by atoms with Crippen molar-refractivity contribution in [2.24, 2.45) is 63.4 Å². The first-order valence-corrected chi connectivity index (χ1v) is 35.3. The summed E-state index contributed by atoms with van der Waals surface area (Å²) in [5.74, 6) is -3.52. The van der Waals surface area contributed by atoms with E-state index in [1.165, 1.54) is 29.2 Å². The summed E-state index contributed by atoms with van der Waals surface area (Å²) in [6.45, 7) is 1.80. The van der Waals surface area contributed by atoms with Crippen LogP contribution in [0.3, 0.4) is 0 Å². The molecule has 574 valence electrons. The normalized spacial score (nSPS) is 13.2. The number of hydrogen-bond donors (Lipinski definition) is 12. The predicted molar refractivity (Wildman–Crippen MR) is 403 cm³/mol. The van der Waals surface area contributed by atoms with Gasteiger partial charge in [0.25, 0.3) is 0 Å². The van der Waals surface area contributed by atoms with E-state index in [2.05, 4.69) is 30.9 Å². The summed E-state index contributed by atoms with van der Waals surface area (Å²) < 4.78 is 77.8. The summed E-state index contributed by atoms with van der Waals surface area (Å²) >= 11 is 0. The molecule has 0 fully saturated rings. The molecule has 9 rings (SSSR count). The van der Waals surface area contributed by atoms with Gasteiger partial charge in [0.1, 0.15) is 0 Å². The van der Waals surface area contributed by atoms with Gasteiger partial charge in [-0.3, -0.25) is 48.5 Å². The van der Waals surface area contributed by atoms with Crippen molar-refractivity contribution >= 4 is 73.7 Å². The zero-order valence-corrected chi connectivity index (χ0v) is 59.6. The molecule has 0 aliphatic carbocycles. The number of para-hydroxylation sites is 3. The molecule has 23 nitrogen and oxygen atoms in total. The molecule has 29 heteroatoms. The van der Waals surface area contributed by atoms with Gasteiger partial charge in [0, 0.05) is 80.2 Å². The molecule has 108 heavy (non-hydrogen) atoms. The van der Waals surface area contributed by atoms with Crippen LogP contribution in [0, 0.1) is 11.8 Å². The largest absolute Gasteiger partial charge is 0.416 e. The van der Waals surface area contributed by atoms with E-state index in [1.54, 1.807) is 24.7 Å². The first kappa shape index (κ1) is 84.9. The maximum absolute atomic E-state index is 13.4. The zero-order chi connectivity index (χ0) is 78.5. The molecule has 0 spiro atoms.